The van der Waals surface area contributed by atoms with Gasteiger partial charge in [-0.1, -0.05) is 18.2 Å². The van der Waals surface area contributed by atoms with Crippen molar-refractivity contribution in [2.75, 3.05) is 7.05 Å². The number of benzene rings is 2. The quantitative estimate of drug-likeness (QED) is 0.882. The fourth-order valence-corrected chi connectivity index (χ4v) is 2.11. The molecule has 0 saturated heterocycles. The van der Waals surface area contributed by atoms with Gasteiger partial charge in [0.15, 0.2) is 0 Å². The number of halogens is 1. The molecule has 112 valence electrons. The van der Waals surface area contributed by atoms with E-state index in [-0.39, 0.29) is 18.5 Å². The Bertz CT molecular complexity index is 628. The summed E-state index contributed by atoms with van der Waals surface area (Å²) in [5.41, 5.74) is 1.97. The molecule has 21 heavy (non-hydrogen) atoms. The number of aliphatic hydroxyl groups excluding tert-OH is 1. The van der Waals surface area contributed by atoms with Gasteiger partial charge in [0.2, 0.25) is 0 Å². The number of ether oxygens (including phenoxy) is 1. The fourth-order valence-electron chi connectivity index (χ4n) is 2.11. The van der Waals surface area contributed by atoms with E-state index in [4.69, 9.17) is 4.74 Å². The molecule has 0 heterocycles. The lowest BCUT2D eigenvalue weighted by molar-refractivity contribution is 0.276. The molecule has 0 bridgehead atoms. The van der Waals surface area contributed by atoms with Crippen LogP contribution >= 0.6 is 0 Å². The standard InChI is InChI=1S/C17H20FNO2/c1-11-8-17(14(9-15(11)18)12(2)19-3)21-16-7-5-4-6-13(16)10-20/h4-9,12,19-20H,10H2,1-3H3. The Morgan fingerprint density at radius 3 is 2.62 bits per heavy atom. The SMILES string of the molecule is CNC(C)c1cc(F)c(C)cc1Oc1ccccc1CO. The van der Waals surface area contributed by atoms with Crippen molar-refractivity contribution in [2.45, 2.75) is 26.5 Å². The van der Waals surface area contributed by atoms with E-state index < -0.39 is 0 Å². The molecule has 1 unspecified atom stereocenters. The Morgan fingerprint density at radius 1 is 1.24 bits per heavy atom. The van der Waals surface area contributed by atoms with E-state index in [1.165, 1.54) is 6.07 Å². The zero-order chi connectivity index (χ0) is 15.4. The molecular weight excluding hydrogens is 269 g/mol. The second-order valence-electron chi connectivity index (χ2n) is 5.02. The van der Waals surface area contributed by atoms with Gasteiger partial charge in [0.1, 0.15) is 17.3 Å². The molecule has 0 spiro atoms. The maximum atomic E-state index is 13.8. The van der Waals surface area contributed by atoms with E-state index in [0.29, 0.717) is 22.6 Å². The van der Waals surface area contributed by atoms with Crippen molar-refractivity contribution in [2.24, 2.45) is 0 Å². The highest BCUT2D eigenvalue weighted by Gasteiger charge is 2.15. The van der Waals surface area contributed by atoms with Gasteiger partial charge in [-0.05, 0) is 44.7 Å². The molecule has 2 aromatic carbocycles. The Balaban J connectivity index is 2.45. The highest BCUT2D eigenvalue weighted by Crippen LogP contribution is 2.33. The van der Waals surface area contributed by atoms with E-state index in [1.807, 2.05) is 26.1 Å². The molecular formula is C17H20FNO2. The maximum absolute atomic E-state index is 13.8. The highest BCUT2D eigenvalue weighted by atomic mass is 19.1. The average molecular weight is 289 g/mol. The van der Waals surface area contributed by atoms with Crippen LogP contribution < -0.4 is 10.1 Å². The van der Waals surface area contributed by atoms with E-state index in [9.17, 15) is 9.50 Å². The lowest BCUT2D eigenvalue weighted by Crippen LogP contribution is -2.14. The van der Waals surface area contributed by atoms with E-state index in [0.717, 1.165) is 5.56 Å². The van der Waals surface area contributed by atoms with Crippen molar-refractivity contribution in [3.63, 3.8) is 0 Å². The van der Waals surface area contributed by atoms with Gasteiger partial charge in [-0.25, -0.2) is 4.39 Å². The number of nitrogens with one attached hydrogen (secondary N) is 1. The Labute approximate surface area is 124 Å². The largest absolute Gasteiger partial charge is 0.457 e. The average Bonchev–Trinajstić information content (AvgIpc) is 2.50. The fraction of sp³-hybridized carbons (Fsp3) is 0.294. The molecule has 0 fully saturated rings. The van der Waals surface area contributed by atoms with Gasteiger partial charge in [-0.2, -0.15) is 0 Å². The van der Waals surface area contributed by atoms with Crippen molar-refractivity contribution in [3.8, 4) is 11.5 Å². The van der Waals surface area contributed by atoms with Crippen LogP contribution in [0.1, 0.15) is 29.7 Å². The third-order valence-electron chi connectivity index (χ3n) is 3.55. The molecule has 0 saturated carbocycles. The zero-order valence-corrected chi connectivity index (χ0v) is 12.5. The minimum atomic E-state index is -0.255. The Morgan fingerprint density at radius 2 is 1.95 bits per heavy atom. The molecule has 0 aliphatic carbocycles. The highest BCUT2D eigenvalue weighted by molar-refractivity contribution is 5.44. The van der Waals surface area contributed by atoms with Crippen LogP contribution in [0.15, 0.2) is 36.4 Å². The number of aliphatic hydroxyl groups is 1. The smallest absolute Gasteiger partial charge is 0.132 e. The molecule has 0 amide bonds. The van der Waals surface area contributed by atoms with Crippen molar-refractivity contribution in [3.05, 3.63) is 58.9 Å². The van der Waals surface area contributed by atoms with Gasteiger partial charge < -0.3 is 15.2 Å². The first-order valence-electron chi connectivity index (χ1n) is 6.90. The Hall–Kier alpha value is -1.91. The summed E-state index contributed by atoms with van der Waals surface area (Å²) >= 11 is 0. The number of hydrogen-bond donors (Lipinski definition) is 2. The van der Waals surface area contributed by atoms with Crippen molar-refractivity contribution >= 4 is 0 Å². The summed E-state index contributed by atoms with van der Waals surface area (Å²) in [7, 11) is 1.81. The van der Waals surface area contributed by atoms with Gasteiger partial charge in [0.05, 0.1) is 6.61 Å². The topological polar surface area (TPSA) is 41.5 Å². The summed E-state index contributed by atoms with van der Waals surface area (Å²) in [4.78, 5) is 0. The minimum absolute atomic E-state index is 0.0450. The van der Waals surface area contributed by atoms with Crippen LogP contribution in [-0.2, 0) is 6.61 Å². The summed E-state index contributed by atoms with van der Waals surface area (Å²) < 4.78 is 19.7. The summed E-state index contributed by atoms with van der Waals surface area (Å²) in [6, 6.07) is 10.4. The van der Waals surface area contributed by atoms with Gasteiger partial charge >= 0.3 is 0 Å². The summed E-state index contributed by atoms with van der Waals surface area (Å²) in [6.45, 7) is 3.54. The zero-order valence-electron chi connectivity index (χ0n) is 12.5. The number of rotatable bonds is 5. The first-order chi connectivity index (χ1) is 10.1. The van der Waals surface area contributed by atoms with E-state index in [2.05, 4.69) is 5.32 Å². The molecule has 0 aromatic heterocycles. The third-order valence-corrected chi connectivity index (χ3v) is 3.55. The Kier molecular flexibility index (Phi) is 4.94. The van der Waals surface area contributed by atoms with Crippen molar-refractivity contribution in [1.82, 2.24) is 5.32 Å². The molecule has 2 rings (SSSR count). The summed E-state index contributed by atoms with van der Waals surface area (Å²) in [5, 5.41) is 12.5. The minimum Gasteiger partial charge on any atom is -0.457 e. The van der Waals surface area contributed by atoms with Crippen LogP contribution in [0.5, 0.6) is 11.5 Å². The molecule has 2 N–H and O–H groups in total. The van der Waals surface area contributed by atoms with Gasteiger partial charge in [-0.3, -0.25) is 0 Å². The van der Waals surface area contributed by atoms with Crippen LogP contribution in [-0.4, -0.2) is 12.2 Å². The maximum Gasteiger partial charge on any atom is 0.132 e. The molecule has 0 radical (unpaired) electrons. The van der Waals surface area contributed by atoms with Crippen LogP contribution in [0.4, 0.5) is 4.39 Å². The molecule has 0 aliphatic rings. The van der Waals surface area contributed by atoms with E-state index in [1.54, 1.807) is 25.1 Å². The van der Waals surface area contributed by atoms with Gasteiger partial charge in [0, 0.05) is 17.2 Å². The predicted octanol–water partition coefficient (Wildman–Crippen LogP) is 3.70. The lowest BCUT2D eigenvalue weighted by atomic mass is 10.0. The molecule has 4 heteroatoms. The van der Waals surface area contributed by atoms with Gasteiger partial charge in [-0.15, -0.1) is 0 Å². The summed E-state index contributed by atoms with van der Waals surface area (Å²) in [5.74, 6) is 0.919. The van der Waals surface area contributed by atoms with Crippen molar-refractivity contribution < 1.29 is 14.2 Å². The van der Waals surface area contributed by atoms with Gasteiger partial charge in [0.25, 0.3) is 0 Å². The number of aryl methyl sites for hydroxylation is 1. The molecule has 1 atom stereocenters. The van der Waals surface area contributed by atoms with Crippen LogP contribution in [0.3, 0.4) is 0 Å². The first-order valence-corrected chi connectivity index (χ1v) is 6.90. The molecule has 0 aliphatic heterocycles. The van der Waals surface area contributed by atoms with Crippen molar-refractivity contribution in [1.29, 1.82) is 0 Å². The predicted molar refractivity (Wildman–Crippen MR) is 81.1 cm³/mol. The lowest BCUT2D eigenvalue weighted by Gasteiger charge is -2.18. The number of hydrogen-bond acceptors (Lipinski definition) is 3. The third kappa shape index (κ3) is 3.40. The van der Waals surface area contributed by atoms with Crippen LogP contribution in [0, 0.1) is 12.7 Å². The molecule has 3 nitrogen and oxygen atoms in total. The van der Waals surface area contributed by atoms with Crippen LogP contribution in [0.2, 0.25) is 0 Å². The first kappa shape index (κ1) is 15.5. The normalized spacial score (nSPS) is 12.2. The molecule has 2 aromatic rings. The summed E-state index contributed by atoms with van der Waals surface area (Å²) in [6.07, 6.45) is 0. The monoisotopic (exact) mass is 289 g/mol. The second kappa shape index (κ2) is 6.70. The van der Waals surface area contributed by atoms with Crippen LogP contribution in [0.25, 0.3) is 0 Å². The number of para-hydroxylation sites is 1. The van der Waals surface area contributed by atoms with E-state index >= 15 is 0 Å². The second-order valence-corrected chi connectivity index (χ2v) is 5.02.